The van der Waals surface area contributed by atoms with Gasteiger partial charge in [0.2, 0.25) is 0 Å². The fourth-order valence-electron chi connectivity index (χ4n) is 2.39. The van der Waals surface area contributed by atoms with E-state index in [1.807, 2.05) is 11.8 Å². The molecule has 0 amide bonds. The second kappa shape index (κ2) is 6.76. The molecule has 2 N–H and O–H groups in total. The van der Waals surface area contributed by atoms with E-state index in [4.69, 9.17) is 5.11 Å². The summed E-state index contributed by atoms with van der Waals surface area (Å²) in [7, 11) is 0. The van der Waals surface area contributed by atoms with E-state index in [1.165, 1.54) is 17.5 Å². The summed E-state index contributed by atoms with van der Waals surface area (Å²) < 4.78 is 1.75. The van der Waals surface area contributed by atoms with E-state index in [1.54, 1.807) is 6.20 Å². The Balaban J connectivity index is 2.17. The Morgan fingerprint density at radius 1 is 1.63 bits per heavy atom. The summed E-state index contributed by atoms with van der Waals surface area (Å²) in [5, 5.41) is 16.9. The van der Waals surface area contributed by atoms with E-state index in [2.05, 4.69) is 32.6 Å². The Kier molecular flexibility index (Phi) is 5.29. The molecule has 0 aliphatic heterocycles. The molecule has 0 saturated heterocycles. The third-order valence-corrected chi connectivity index (χ3v) is 5.33. The number of anilines is 1. The zero-order valence-electron chi connectivity index (χ0n) is 10.8. The lowest BCUT2D eigenvalue weighted by molar-refractivity contribution is 0.266. The lowest BCUT2D eigenvalue weighted by Gasteiger charge is -2.21. The molecule has 0 spiro atoms. The van der Waals surface area contributed by atoms with Crippen LogP contribution in [0.15, 0.2) is 15.5 Å². The highest BCUT2D eigenvalue weighted by Gasteiger charge is 2.27. The van der Waals surface area contributed by atoms with Crippen LogP contribution in [0, 0.1) is 0 Å². The summed E-state index contributed by atoms with van der Waals surface area (Å²) in [6, 6.07) is 0.390. The smallest absolute Gasteiger partial charge is 0.283 e. The molecule has 1 aromatic heterocycles. The van der Waals surface area contributed by atoms with Gasteiger partial charge in [0.15, 0.2) is 0 Å². The van der Waals surface area contributed by atoms with Crippen molar-refractivity contribution in [1.82, 2.24) is 9.78 Å². The molecular weight excluding hydrogens is 330 g/mol. The summed E-state index contributed by atoms with van der Waals surface area (Å²) in [4.78, 5) is 12.0. The van der Waals surface area contributed by atoms with Gasteiger partial charge in [-0.15, -0.1) is 0 Å². The maximum atomic E-state index is 12.0. The first kappa shape index (κ1) is 14.9. The van der Waals surface area contributed by atoms with Gasteiger partial charge in [0, 0.05) is 11.3 Å². The molecule has 1 saturated carbocycles. The van der Waals surface area contributed by atoms with Crippen LogP contribution < -0.4 is 10.9 Å². The minimum atomic E-state index is -0.210. The molecule has 0 aromatic carbocycles. The van der Waals surface area contributed by atoms with Gasteiger partial charge in [-0.2, -0.15) is 16.9 Å². The predicted molar refractivity (Wildman–Crippen MR) is 81.8 cm³/mol. The van der Waals surface area contributed by atoms with Crippen molar-refractivity contribution in [3.8, 4) is 0 Å². The van der Waals surface area contributed by atoms with Crippen molar-refractivity contribution >= 4 is 33.4 Å². The maximum absolute atomic E-state index is 12.0. The number of thioether (sulfide) groups is 1. The van der Waals surface area contributed by atoms with Crippen molar-refractivity contribution < 1.29 is 5.11 Å². The number of nitrogens with one attached hydrogen (secondary N) is 1. The van der Waals surface area contributed by atoms with Gasteiger partial charge in [0.1, 0.15) is 4.47 Å². The molecule has 1 aliphatic rings. The molecule has 1 fully saturated rings. The number of aliphatic hydroxyl groups is 1. The number of halogens is 1. The molecule has 5 nitrogen and oxygen atoms in total. The maximum Gasteiger partial charge on any atom is 0.283 e. The molecule has 2 unspecified atom stereocenters. The van der Waals surface area contributed by atoms with Crippen molar-refractivity contribution in [2.24, 2.45) is 0 Å². The van der Waals surface area contributed by atoms with Crippen LogP contribution in [0.25, 0.3) is 0 Å². The average molecular weight is 348 g/mol. The van der Waals surface area contributed by atoms with Crippen molar-refractivity contribution in [2.45, 2.75) is 37.1 Å². The SMILES string of the molecule is CSC1CCCC1Nc1cnn(CCO)c(=O)c1Br. The molecule has 1 aromatic rings. The van der Waals surface area contributed by atoms with Crippen molar-refractivity contribution in [3.05, 3.63) is 21.0 Å². The van der Waals surface area contributed by atoms with Crippen LogP contribution in [-0.4, -0.2) is 39.0 Å². The summed E-state index contributed by atoms with van der Waals surface area (Å²) in [6.07, 6.45) is 7.33. The minimum Gasteiger partial charge on any atom is -0.394 e. The first-order valence-corrected chi connectivity index (χ1v) is 8.41. The summed E-state index contributed by atoms with van der Waals surface area (Å²) in [5.41, 5.74) is 0.530. The molecule has 1 heterocycles. The fourth-order valence-corrected chi connectivity index (χ4v) is 3.75. The molecule has 0 bridgehead atoms. The first-order chi connectivity index (χ1) is 9.17. The zero-order chi connectivity index (χ0) is 13.8. The summed E-state index contributed by atoms with van der Waals surface area (Å²) >= 11 is 5.19. The fraction of sp³-hybridized carbons (Fsp3) is 0.667. The molecule has 2 atom stereocenters. The predicted octanol–water partition coefficient (Wildman–Crippen LogP) is 1.69. The van der Waals surface area contributed by atoms with Crippen LogP contribution >= 0.6 is 27.7 Å². The van der Waals surface area contributed by atoms with E-state index in [9.17, 15) is 4.79 Å². The summed E-state index contributed by atoms with van der Waals surface area (Å²) in [5.74, 6) is 0. The normalized spacial score (nSPS) is 22.7. The van der Waals surface area contributed by atoms with E-state index in [0.29, 0.717) is 15.8 Å². The molecule has 0 radical (unpaired) electrons. The number of nitrogens with zero attached hydrogens (tertiary/aromatic N) is 2. The van der Waals surface area contributed by atoms with Crippen molar-refractivity contribution in [3.63, 3.8) is 0 Å². The van der Waals surface area contributed by atoms with Gasteiger partial charge in [-0.25, -0.2) is 4.68 Å². The lowest BCUT2D eigenvalue weighted by atomic mass is 10.2. The third-order valence-electron chi connectivity index (χ3n) is 3.39. The van der Waals surface area contributed by atoms with Gasteiger partial charge >= 0.3 is 0 Å². The number of aliphatic hydroxyl groups excluding tert-OH is 1. The molecule has 106 valence electrons. The second-order valence-electron chi connectivity index (χ2n) is 4.58. The van der Waals surface area contributed by atoms with Crippen molar-refractivity contribution in [2.75, 3.05) is 18.2 Å². The highest BCUT2D eigenvalue weighted by atomic mass is 79.9. The Morgan fingerprint density at radius 3 is 3.11 bits per heavy atom. The van der Waals surface area contributed by atoms with Gasteiger partial charge in [-0.05, 0) is 35.0 Å². The molecule has 1 aliphatic carbocycles. The average Bonchev–Trinajstić information content (AvgIpc) is 2.86. The Morgan fingerprint density at radius 2 is 2.42 bits per heavy atom. The van der Waals surface area contributed by atoms with Crippen LogP contribution in [0.2, 0.25) is 0 Å². The highest BCUT2D eigenvalue weighted by molar-refractivity contribution is 9.10. The van der Waals surface area contributed by atoms with Gasteiger partial charge in [-0.3, -0.25) is 4.79 Å². The minimum absolute atomic E-state index is 0.0940. The monoisotopic (exact) mass is 347 g/mol. The second-order valence-corrected chi connectivity index (χ2v) is 6.45. The van der Waals surface area contributed by atoms with Gasteiger partial charge in [0.05, 0.1) is 25.0 Å². The third kappa shape index (κ3) is 3.32. The molecule has 19 heavy (non-hydrogen) atoms. The van der Waals surface area contributed by atoms with E-state index in [0.717, 1.165) is 12.1 Å². The van der Waals surface area contributed by atoms with Crippen molar-refractivity contribution in [1.29, 1.82) is 0 Å². The van der Waals surface area contributed by atoms with E-state index >= 15 is 0 Å². The molecular formula is C12H18BrN3O2S. The van der Waals surface area contributed by atoms with Crippen LogP contribution in [0.3, 0.4) is 0 Å². The number of hydrogen-bond donors (Lipinski definition) is 2. The lowest BCUT2D eigenvalue weighted by Crippen LogP contribution is -2.30. The Bertz CT molecular complexity index is 494. The Labute approximate surface area is 124 Å². The summed E-state index contributed by atoms with van der Waals surface area (Å²) in [6.45, 7) is 0.123. The van der Waals surface area contributed by atoms with Gasteiger partial charge in [0.25, 0.3) is 5.56 Å². The van der Waals surface area contributed by atoms with Gasteiger partial charge in [-0.1, -0.05) is 6.42 Å². The molecule has 7 heteroatoms. The quantitative estimate of drug-likeness (QED) is 0.848. The standard InChI is InChI=1S/C12H18BrN3O2S/c1-19-10-4-2-3-8(10)15-9-7-14-16(5-6-17)12(18)11(9)13/h7-8,10,15,17H,2-6H2,1H3. The van der Waals surface area contributed by atoms with Gasteiger partial charge < -0.3 is 10.4 Å². The number of hydrogen-bond acceptors (Lipinski definition) is 5. The topological polar surface area (TPSA) is 67.2 Å². The number of rotatable bonds is 5. The number of aromatic nitrogens is 2. The van der Waals surface area contributed by atoms with Crippen LogP contribution in [0.5, 0.6) is 0 Å². The zero-order valence-corrected chi connectivity index (χ0v) is 13.2. The largest absolute Gasteiger partial charge is 0.394 e. The van der Waals surface area contributed by atoms with Crippen LogP contribution in [0.4, 0.5) is 5.69 Å². The van der Waals surface area contributed by atoms with Crippen LogP contribution in [0.1, 0.15) is 19.3 Å². The molecule has 2 rings (SSSR count). The first-order valence-electron chi connectivity index (χ1n) is 6.33. The van der Waals surface area contributed by atoms with Crippen LogP contribution in [-0.2, 0) is 6.54 Å². The van der Waals surface area contributed by atoms with E-state index in [-0.39, 0.29) is 18.7 Å². The van der Waals surface area contributed by atoms with E-state index < -0.39 is 0 Å². The highest BCUT2D eigenvalue weighted by Crippen LogP contribution is 2.31. The Hall–Kier alpha value is -0.530.